The normalized spacial score (nSPS) is 31.2. The molecule has 1 aliphatic carbocycles. The summed E-state index contributed by atoms with van der Waals surface area (Å²) in [6.07, 6.45) is -0.815. The predicted octanol–water partition coefficient (Wildman–Crippen LogP) is -0.514. The Bertz CT molecular complexity index is 101. The third-order valence-corrected chi connectivity index (χ3v) is 0.812. The number of ketones is 1. The first kappa shape index (κ1) is 3.56. The largest absolute Gasteiger partial charge is 0.380 e. The van der Waals surface area contributed by atoms with Gasteiger partial charge in [-0.2, -0.15) is 0 Å². The van der Waals surface area contributed by atoms with Crippen LogP contribution in [0.25, 0.3) is 0 Å². The van der Waals surface area contributed by atoms with Gasteiger partial charge in [0.2, 0.25) is 0 Å². The van der Waals surface area contributed by atoms with Crippen LogP contribution in [-0.4, -0.2) is 17.0 Å². The van der Waals surface area contributed by atoms with E-state index in [0.29, 0.717) is 5.57 Å². The zero-order chi connectivity index (χ0) is 4.73. The number of rotatable bonds is 0. The Labute approximate surface area is 35.1 Å². The Kier molecular flexibility index (Phi) is 0.420. The van der Waals surface area contributed by atoms with Crippen LogP contribution in [0.1, 0.15) is 0 Å². The third kappa shape index (κ3) is 0.216. The standard InChI is InChI=1S/C4H4O2/c1-2-3(5)4(2)6/h3,5H,1H2/t3-/m1/s1. The summed E-state index contributed by atoms with van der Waals surface area (Å²) in [6, 6.07) is 0. The molecule has 1 N–H and O–H groups in total. The van der Waals surface area contributed by atoms with E-state index in [1.165, 1.54) is 0 Å². The van der Waals surface area contributed by atoms with E-state index in [1.807, 2.05) is 0 Å². The quantitative estimate of drug-likeness (QED) is 0.401. The summed E-state index contributed by atoms with van der Waals surface area (Å²) in [4.78, 5) is 9.87. The second-order valence-electron chi connectivity index (χ2n) is 1.29. The van der Waals surface area contributed by atoms with Crippen LogP contribution >= 0.6 is 0 Å². The average molecular weight is 84.1 g/mol. The summed E-state index contributed by atoms with van der Waals surface area (Å²) in [5.41, 5.74) is 0.343. The molecule has 2 nitrogen and oxygen atoms in total. The van der Waals surface area contributed by atoms with Crippen molar-refractivity contribution < 1.29 is 9.90 Å². The Morgan fingerprint density at radius 2 is 2.00 bits per heavy atom. The number of aliphatic hydroxyl groups is 1. The second-order valence-corrected chi connectivity index (χ2v) is 1.29. The average Bonchev–Trinajstić information content (AvgIpc) is 1.94. The minimum absolute atomic E-state index is 0.213. The van der Waals surface area contributed by atoms with Gasteiger partial charge in [-0.3, -0.25) is 4.79 Å². The lowest BCUT2D eigenvalue weighted by atomic mass is 10.7. The summed E-state index contributed by atoms with van der Waals surface area (Å²) in [6.45, 7) is 3.23. The molecular formula is C4H4O2. The van der Waals surface area contributed by atoms with Gasteiger partial charge in [-0.05, 0) is 0 Å². The lowest BCUT2D eigenvalue weighted by Gasteiger charge is -1.57. The van der Waals surface area contributed by atoms with E-state index >= 15 is 0 Å². The SMILES string of the molecule is C=C1C(=O)[C@@H]1O. The fraction of sp³-hybridized carbons (Fsp3) is 0.250. The molecule has 1 saturated carbocycles. The summed E-state index contributed by atoms with van der Waals surface area (Å²) in [5.74, 6) is -0.213. The lowest BCUT2D eigenvalue weighted by molar-refractivity contribution is -0.111. The lowest BCUT2D eigenvalue weighted by Crippen LogP contribution is -1.76. The van der Waals surface area contributed by atoms with Crippen LogP contribution in [0, 0.1) is 0 Å². The van der Waals surface area contributed by atoms with E-state index in [0.717, 1.165) is 0 Å². The third-order valence-electron chi connectivity index (χ3n) is 0.812. The van der Waals surface area contributed by atoms with Gasteiger partial charge in [0.15, 0.2) is 5.78 Å². The first-order chi connectivity index (χ1) is 2.73. The maximum atomic E-state index is 9.87. The minimum Gasteiger partial charge on any atom is -0.380 e. The first-order valence-electron chi connectivity index (χ1n) is 1.64. The highest BCUT2D eigenvalue weighted by molar-refractivity contribution is 6.18. The molecule has 0 spiro atoms. The number of hydrogen-bond donors (Lipinski definition) is 1. The molecule has 0 aliphatic heterocycles. The van der Waals surface area contributed by atoms with Gasteiger partial charge in [0, 0.05) is 5.57 Å². The molecule has 0 amide bonds. The molecule has 1 atom stereocenters. The molecule has 6 heavy (non-hydrogen) atoms. The molecular weight excluding hydrogens is 80.0 g/mol. The highest BCUT2D eigenvalue weighted by Crippen LogP contribution is 2.19. The molecule has 0 aromatic heterocycles. The maximum absolute atomic E-state index is 9.87. The van der Waals surface area contributed by atoms with Crippen molar-refractivity contribution in [3.63, 3.8) is 0 Å². The van der Waals surface area contributed by atoms with Crippen molar-refractivity contribution in [2.45, 2.75) is 6.10 Å². The zero-order valence-corrected chi connectivity index (χ0v) is 3.14. The monoisotopic (exact) mass is 84.0 g/mol. The van der Waals surface area contributed by atoms with Gasteiger partial charge in [-0.25, -0.2) is 0 Å². The fourth-order valence-electron chi connectivity index (χ4n) is 0.231. The highest BCUT2D eigenvalue weighted by atomic mass is 16.3. The predicted molar refractivity (Wildman–Crippen MR) is 20.2 cm³/mol. The van der Waals surface area contributed by atoms with E-state index in [4.69, 9.17) is 5.11 Å². The first-order valence-corrected chi connectivity index (χ1v) is 1.64. The Hall–Kier alpha value is -0.630. The maximum Gasteiger partial charge on any atom is 0.194 e. The van der Waals surface area contributed by atoms with Crippen LogP contribution in [0.4, 0.5) is 0 Å². The molecule has 32 valence electrons. The summed E-state index contributed by atoms with van der Waals surface area (Å²) < 4.78 is 0. The van der Waals surface area contributed by atoms with Crippen LogP contribution in [-0.2, 0) is 4.79 Å². The van der Waals surface area contributed by atoms with Gasteiger partial charge in [0.05, 0.1) is 0 Å². The minimum atomic E-state index is -0.815. The van der Waals surface area contributed by atoms with Crippen LogP contribution < -0.4 is 0 Å². The smallest absolute Gasteiger partial charge is 0.194 e. The fourth-order valence-corrected chi connectivity index (χ4v) is 0.231. The van der Waals surface area contributed by atoms with Crippen molar-refractivity contribution in [3.05, 3.63) is 12.2 Å². The van der Waals surface area contributed by atoms with Crippen molar-refractivity contribution in [1.82, 2.24) is 0 Å². The van der Waals surface area contributed by atoms with Gasteiger partial charge >= 0.3 is 0 Å². The Morgan fingerprint density at radius 3 is 2.00 bits per heavy atom. The molecule has 0 radical (unpaired) electrons. The van der Waals surface area contributed by atoms with Crippen molar-refractivity contribution in [1.29, 1.82) is 0 Å². The van der Waals surface area contributed by atoms with Gasteiger partial charge in [0.1, 0.15) is 6.10 Å². The van der Waals surface area contributed by atoms with Crippen molar-refractivity contribution in [2.75, 3.05) is 0 Å². The highest BCUT2D eigenvalue weighted by Gasteiger charge is 2.38. The van der Waals surface area contributed by atoms with E-state index in [1.54, 1.807) is 0 Å². The van der Waals surface area contributed by atoms with Gasteiger partial charge < -0.3 is 5.11 Å². The molecule has 0 unspecified atom stereocenters. The molecule has 0 saturated heterocycles. The topological polar surface area (TPSA) is 37.3 Å². The van der Waals surface area contributed by atoms with Crippen LogP contribution in [0.3, 0.4) is 0 Å². The molecule has 0 heterocycles. The van der Waals surface area contributed by atoms with E-state index in [9.17, 15) is 4.79 Å². The molecule has 0 bridgehead atoms. The zero-order valence-electron chi connectivity index (χ0n) is 3.14. The molecule has 2 heteroatoms. The van der Waals surface area contributed by atoms with E-state index in [2.05, 4.69) is 6.58 Å². The van der Waals surface area contributed by atoms with E-state index < -0.39 is 6.10 Å². The summed E-state index contributed by atoms with van der Waals surface area (Å²) >= 11 is 0. The van der Waals surface area contributed by atoms with Crippen molar-refractivity contribution >= 4 is 5.78 Å². The van der Waals surface area contributed by atoms with Crippen LogP contribution in [0.2, 0.25) is 0 Å². The van der Waals surface area contributed by atoms with Gasteiger partial charge in [0.25, 0.3) is 0 Å². The second kappa shape index (κ2) is 0.708. The number of Topliss-reactive ketones (excluding diaryl/α,β-unsaturated/α-hetero) is 1. The summed E-state index contributed by atoms with van der Waals surface area (Å²) in [7, 11) is 0. The van der Waals surface area contributed by atoms with E-state index in [-0.39, 0.29) is 5.78 Å². The number of carbonyl (C=O) groups is 1. The van der Waals surface area contributed by atoms with Crippen LogP contribution in [0.5, 0.6) is 0 Å². The number of hydrogen-bond acceptors (Lipinski definition) is 2. The summed E-state index contributed by atoms with van der Waals surface area (Å²) in [5, 5.41) is 8.25. The molecule has 0 aromatic rings. The van der Waals surface area contributed by atoms with Crippen LogP contribution in [0.15, 0.2) is 12.2 Å². The molecule has 1 rings (SSSR count). The van der Waals surface area contributed by atoms with Gasteiger partial charge in [-0.1, -0.05) is 6.58 Å². The van der Waals surface area contributed by atoms with Crippen molar-refractivity contribution in [2.24, 2.45) is 0 Å². The molecule has 1 aliphatic rings. The number of aliphatic hydroxyl groups excluding tert-OH is 1. The Balaban J connectivity index is 2.75. The Morgan fingerprint density at radius 1 is 1.83 bits per heavy atom. The van der Waals surface area contributed by atoms with Crippen molar-refractivity contribution in [3.8, 4) is 0 Å². The molecule has 0 aromatic carbocycles. The molecule has 1 fully saturated rings. The van der Waals surface area contributed by atoms with Gasteiger partial charge in [-0.15, -0.1) is 0 Å². The number of carbonyl (C=O) groups excluding carboxylic acids is 1.